The summed E-state index contributed by atoms with van der Waals surface area (Å²) in [6.45, 7) is 4.30. The summed E-state index contributed by atoms with van der Waals surface area (Å²) in [5.41, 5.74) is 5.33. The SMILES string of the molecule is Cc1ccc2nc3ccccc3cc2c1C.OB(O)c1ccccc1. The highest BCUT2D eigenvalue weighted by atomic mass is 16.4. The highest BCUT2D eigenvalue weighted by Crippen LogP contribution is 2.24. The molecule has 0 saturated carbocycles. The van der Waals surface area contributed by atoms with Crippen LogP contribution in [0.3, 0.4) is 0 Å². The Labute approximate surface area is 147 Å². The Kier molecular flexibility index (Phi) is 5.12. The fourth-order valence-electron chi connectivity index (χ4n) is 2.72. The molecule has 1 heterocycles. The summed E-state index contributed by atoms with van der Waals surface area (Å²) >= 11 is 0. The molecule has 1 aromatic heterocycles. The van der Waals surface area contributed by atoms with E-state index >= 15 is 0 Å². The van der Waals surface area contributed by atoms with Crippen LogP contribution in [0.2, 0.25) is 0 Å². The van der Waals surface area contributed by atoms with Gasteiger partial charge in [0, 0.05) is 10.8 Å². The van der Waals surface area contributed by atoms with Crippen molar-refractivity contribution in [3.63, 3.8) is 0 Å². The van der Waals surface area contributed by atoms with E-state index in [1.165, 1.54) is 21.9 Å². The maximum atomic E-state index is 8.58. The van der Waals surface area contributed by atoms with Crippen LogP contribution in [-0.4, -0.2) is 22.2 Å². The van der Waals surface area contributed by atoms with Crippen molar-refractivity contribution in [2.75, 3.05) is 0 Å². The summed E-state index contributed by atoms with van der Waals surface area (Å²) in [6, 6.07) is 23.4. The van der Waals surface area contributed by atoms with Gasteiger partial charge in [0.05, 0.1) is 11.0 Å². The van der Waals surface area contributed by atoms with Gasteiger partial charge in [0.25, 0.3) is 0 Å². The fraction of sp³-hybridized carbons (Fsp3) is 0.0952. The van der Waals surface area contributed by atoms with Crippen LogP contribution >= 0.6 is 0 Å². The van der Waals surface area contributed by atoms with Crippen LogP contribution in [0, 0.1) is 13.8 Å². The number of fused-ring (bicyclic) bond motifs is 2. The number of aryl methyl sites for hydroxylation is 2. The van der Waals surface area contributed by atoms with Gasteiger partial charge in [-0.05, 0) is 48.6 Å². The van der Waals surface area contributed by atoms with E-state index in [1.54, 1.807) is 24.3 Å². The van der Waals surface area contributed by atoms with Gasteiger partial charge in [0.2, 0.25) is 0 Å². The van der Waals surface area contributed by atoms with Crippen molar-refractivity contribution in [1.29, 1.82) is 0 Å². The lowest BCUT2D eigenvalue weighted by Crippen LogP contribution is -2.29. The van der Waals surface area contributed by atoms with Crippen molar-refractivity contribution in [2.45, 2.75) is 13.8 Å². The minimum atomic E-state index is -1.34. The fourth-order valence-corrected chi connectivity index (χ4v) is 2.72. The molecule has 0 aliphatic heterocycles. The van der Waals surface area contributed by atoms with Crippen LogP contribution in [0.4, 0.5) is 0 Å². The maximum absolute atomic E-state index is 8.58. The van der Waals surface area contributed by atoms with E-state index < -0.39 is 7.12 Å². The van der Waals surface area contributed by atoms with Crippen LogP contribution in [0.15, 0.2) is 72.8 Å². The monoisotopic (exact) mass is 329 g/mol. The zero-order valence-corrected chi connectivity index (χ0v) is 14.3. The maximum Gasteiger partial charge on any atom is 0.488 e. The smallest absolute Gasteiger partial charge is 0.423 e. The summed E-state index contributed by atoms with van der Waals surface area (Å²) in [5.74, 6) is 0. The molecule has 4 rings (SSSR count). The van der Waals surface area contributed by atoms with Gasteiger partial charge in [0.15, 0.2) is 0 Å². The van der Waals surface area contributed by atoms with Gasteiger partial charge in [0.1, 0.15) is 0 Å². The van der Waals surface area contributed by atoms with Gasteiger partial charge in [-0.25, -0.2) is 4.98 Å². The first-order chi connectivity index (χ1) is 12.1. The number of hydrogen-bond acceptors (Lipinski definition) is 3. The van der Waals surface area contributed by atoms with Crippen molar-refractivity contribution in [2.24, 2.45) is 0 Å². The van der Waals surface area contributed by atoms with E-state index in [2.05, 4.69) is 55.2 Å². The minimum Gasteiger partial charge on any atom is -0.423 e. The Morgan fingerprint density at radius 3 is 2.12 bits per heavy atom. The zero-order valence-electron chi connectivity index (χ0n) is 14.3. The summed E-state index contributed by atoms with van der Waals surface area (Å²) in [4.78, 5) is 4.68. The molecule has 0 unspecified atom stereocenters. The highest BCUT2D eigenvalue weighted by Gasteiger charge is 2.07. The normalized spacial score (nSPS) is 10.4. The van der Waals surface area contributed by atoms with Crippen LogP contribution in [0.1, 0.15) is 11.1 Å². The summed E-state index contributed by atoms with van der Waals surface area (Å²) < 4.78 is 0. The minimum absolute atomic E-state index is 0.525. The van der Waals surface area contributed by atoms with Gasteiger partial charge in [-0.3, -0.25) is 0 Å². The molecule has 0 saturated heterocycles. The third kappa shape index (κ3) is 3.87. The molecule has 0 bridgehead atoms. The molecule has 4 aromatic rings. The molecule has 0 radical (unpaired) electrons. The Morgan fingerprint density at radius 2 is 1.44 bits per heavy atom. The highest BCUT2D eigenvalue weighted by molar-refractivity contribution is 6.58. The molecule has 124 valence electrons. The van der Waals surface area contributed by atoms with Crippen LogP contribution in [0.5, 0.6) is 0 Å². The van der Waals surface area contributed by atoms with E-state index in [4.69, 9.17) is 10.0 Å². The Morgan fingerprint density at radius 1 is 0.760 bits per heavy atom. The molecule has 3 nitrogen and oxygen atoms in total. The molecular formula is C21H20BNO2. The Balaban J connectivity index is 0.000000173. The van der Waals surface area contributed by atoms with Crippen LogP contribution in [0.25, 0.3) is 21.8 Å². The van der Waals surface area contributed by atoms with Crippen LogP contribution in [-0.2, 0) is 0 Å². The second kappa shape index (κ2) is 7.47. The van der Waals surface area contributed by atoms with Gasteiger partial charge in [-0.2, -0.15) is 0 Å². The molecule has 25 heavy (non-hydrogen) atoms. The molecule has 0 spiro atoms. The van der Waals surface area contributed by atoms with Gasteiger partial charge >= 0.3 is 7.12 Å². The van der Waals surface area contributed by atoms with Crippen molar-refractivity contribution >= 4 is 34.4 Å². The third-order valence-corrected chi connectivity index (χ3v) is 4.34. The summed E-state index contributed by atoms with van der Waals surface area (Å²) in [7, 11) is -1.34. The predicted molar refractivity (Wildman–Crippen MR) is 105 cm³/mol. The van der Waals surface area contributed by atoms with Crippen molar-refractivity contribution < 1.29 is 10.0 Å². The van der Waals surface area contributed by atoms with E-state index in [9.17, 15) is 0 Å². The number of aromatic nitrogens is 1. The van der Waals surface area contributed by atoms with E-state index in [0.717, 1.165) is 11.0 Å². The molecule has 0 aliphatic rings. The second-order valence-corrected chi connectivity index (χ2v) is 6.04. The molecule has 0 amide bonds. The first-order valence-corrected chi connectivity index (χ1v) is 8.23. The molecule has 0 atom stereocenters. The second-order valence-electron chi connectivity index (χ2n) is 6.04. The number of hydrogen-bond donors (Lipinski definition) is 2. The van der Waals surface area contributed by atoms with Gasteiger partial charge < -0.3 is 10.0 Å². The number of nitrogens with zero attached hydrogens (tertiary/aromatic N) is 1. The largest absolute Gasteiger partial charge is 0.488 e. The zero-order chi connectivity index (χ0) is 17.8. The lowest BCUT2D eigenvalue weighted by Gasteiger charge is -2.06. The average molecular weight is 329 g/mol. The Bertz CT molecular complexity index is 1000. The molecule has 4 heteroatoms. The predicted octanol–water partition coefficient (Wildman–Crippen LogP) is 3.37. The third-order valence-electron chi connectivity index (χ3n) is 4.34. The molecule has 0 fully saturated rings. The number of benzene rings is 3. The van der Waals surface area contributed by atoms with E-state index in [-0.39, 0.29) is 0 Å². The topological polar surface area (TPSA) is 53.4 Å². The Hall–Kier alpha value is -2.69. The first-order valence-electron chi connectivity index (χ1n) is 8.23. The molecule has 0 aliphatic carbocycles. The number of pyridine rings is 1. The van der Waals surface area contributed by atoms with Crippen molar-refractivity contribution in [3.8, 4) is 0 Å². The van der Waals surface area contributed by atoms with Crippen molar-refractivity contribution in [1.82, 2.24) is 4.98 Å². The summed E-state index contributed by atoms with van der Waals surface area (Å²) in [5, 5.41) is 19.6. The molecule has 3 aromatic carbocycles. The average Bonchev–Trinajstić information content (AvgIpc) is 2.65. The number of para-hydroxylation sites is 1. The molecule has 2 N–H and O–H groups in total. The number of rotatable bonds is 1. The molecular weight excluding hydrogens is 309 g/mol. The first kappa shape index (κ1) is 17.1. The standard InChI is InChI=1S/C15H13N.C6H7BO2/c1-10-7-8-15-13(11(10)2)9-12-5-3-4-6-14(12)16-15;8-7(9)6-4-2-1-3-5-6/h3-9H,1-2H3;1-5,8-9H. The van der Waals surface area contributed by atoms with Gasteiger partial charge in [-0.15, -0.1) is 0 Å². The summed E-state index contributed by atoms with van der Waals surface area (Å²) in [6.07, 6.45) is 0. The van der Waals surface area contributed by atoms with Crippen molar-refractivity contribution in [3.05, 3.63) is 83.9 Å². The van der Waals surface area contributed by atoms with E-state index in [0.29, 0.717) is 5.46 Å². The van der Waals surface area contributed by atoms with Crippen LogP contribution < -0.4 is 5.46 Å². The lowest BCUT2D eigenvalue weighted by molar-refractivity contribution is 0.426. The van der Waals surface area contributed by atoms with E-state index in [1.807, 2.05) is 12.1 Å². The quantitative estimate of drug-likeness (QED) is 0.416. The van der Waals surface area contributed by atoms with Gasteiger partial charge in [-0.1, -0.05) is 54.6 Å². The lowest BCUT2D eigenvalue weighted by atomic mass is 9.81.